The Morgan fingerprint density at radius 2 is 1.19 bits per heavy atom. The summed E-state index contributed by atoms with van der Waals surface area (Å²) in [5, 5.41) is 28.8. The summed E-state index contributed by atoms with van der Waals surface area (Å²) in [5.41, 5.74) is 5.90. The zero-order chi connectivity index (χ0) is 58.0. The fourth-order valence-corrected chi connectivity index (χ4v) is 9.69. The summed E-state index contributed by atoms with van der Waals surface area (Å²) in [6, 6.07) is 60.1. The van der Waals surface area contributed by atoms with Gasteiger partial charge < -0.3 is 34.6 Å². The largest absolute Gasteiger partial charge is 0.491 e. The van der Waals surface area contributed by atoms with Crippen molar-refractivity contribution in [1.29, 1.82) is 0 Å². The minimum atomic E-state index is -1.10. The molecule has 0 aromatic heterocycles. The maximum absolute atomic E-state index is 13.6. The number of allylic oxidation sites excluding steroid dienone is 1. The molecule has 1 heterocycles. The Hall–Kier alpha value is -7.84. The van der Waals surface area contributed by atoms with Crippen LogP contribution in [0.15, 0.2) is 200 Å². The highest BCUT2D eigenvalue weighted by Crippen LogP contribution is 2.32. The third-order valence-electron chi connectivity index (χ3n) is 14.6. The second kappa shape index (κ2) is 31.8. The van der Waals surface area contributed by atoms with Crippen molar-refractivity contribution in [3.8, 4) is 5.75 Å². The zero-order valence-corrected chi connectivity index (χ0v) is 47.5. The van der Waals surface area contributed by atoms with E-state index in [9.17, 15) is 29.4 Å². The maximum Gasteiger partial charge on any atom is 0.195 e. The monoisotopic (exact) mass is 1090 g/mol. The van der Waals surface area contributed by atoms with Crippen LogP contribution in [0.1, 0.15) is 110 Å². The average molecular weight is 1090 g/mol. The number of morpholine rings is 1. The Morgan fingerprint density at radius 3 is 1.72 bits per heavy atom. The number of hydrogen-bond acceptors (Lipinski definition) is 12. The number of aliphatic hydroxyl groups excluding tert-OH is 2. The van der Waals surface area contributed by atoms with Crippen LogP contribution in [0.4, 0.5) is 11.4 Å². The molecular weight excluding hydrogens is 1010 g/mol. The molecule has 12 nitrogen and oxygen atoms in total. The van der Waals surface area contributed by atoms with Crippen molar-refractivity contribution in [2.75, 3.05) is 77.5 Å². The number of ketones is 4. The maximum atomic E-state index is 13.6. The molecule has 7 aromatic rings. The van der Waals surface area contributed by atoms with E-state index >= 15 is 0 Å². The summed E-state index contributed by atoms with van der Waals surface area (Å²) < 4.78 is 10.7. The van der Waals surface area contributed by atoms with E-state index in [4.69, 9.17) is 14.6 Å². The summed E-state index contributed by atoms with van der Waals surface area (Å²) in [4.78, 5) is 56.1. The quantitative estimate of drug-likeness (QED) is 0.0521. The SMILES string of the molecule is CCC(Cc1ccccc1)(C(=O)c1ccc(N2CCOCC2)cc1)N(C)C.CN(C)c1ccc(C(=O)/C=C/c2ccc(OCCO)cc2)cc1.O=C(c1ccccc1)C(O)c1ccccc1.O=C(c1ccccc1)C1(O)CCCCC1. The molecule has 2 fully saturated rings. The number of rotatable bonds is 19. The smallest absolute Gasteiger partial charge is 0.195 e. The van der Waals surface area contributed by atoms with Gasteiger partial charge in [0.1, 0.15) is 24.1 Å². The second-order valence-corrected chi connectivity index (χ2v) is 20.5. The van der Waals surface area contributed by atoms with Crippen molar-refractivity contribution in [2.45, 2.75) is 69.1 Å². The standard InChI is InChI=1S/C23H30N2O2.C19H21NO3.C14H12O2.C13H16O2/c1-4-23(24(2)3,18-19-8-6-5-7-9-19)22(26)20-10-12-21(13-11-20)25-14-16-27-17-15-25;1-20(2)17-8-6-16(7-9-17)19(22)12-5-15-3-10-18(11-4-15)23-14-13-21;15-13(11-7-3-1-4-8-11)14(16)12-9-5-2-6-10-12;14-12(11-7-3-1-4-8-11)13(15)9-5-2-6-10-13/h5-13H,4,14-18H2,1-3H3;3-12,21H,13-14H2,1-2H3;1-10,13,15H;1,3-4,7-8,15H,2,5-6,9-10H2/b;12-5+;;. The van der Waals surface area contributed by atoms with Gasteiger partial charge in [-0.3, -0.25) is 24.1 Å². The molecule has 3 N–H and O–H groups in total. The highest BCUT2D eigenvalue weighted by molar-refractivity contribution is 6.07. The molecule has 2 aliphatic rings. The van der Waals surface area contributed by atoms with Gasteiger partial charge in [-0.05, 0) is 123 Å². The molecular formula is C69H79N3O9. The predicted molar refractivity (Wildman–Crippen MR) is 325 cm³/mol. The van der Waals surface area contributed by atoms with Crippen LogP contribution in [0.2, 0.25) is 0 Å². The highest BCUT2D eigenvalue weighted by Gasteiger charge is 2.40. The first-order valence-corrected chi connectivity index (χ1v) is 27.8. The first-order valence-electron chi connectivity index (χ1n) is 27.8. The van der Waals surface area contributed by atoms with Crippen molar-refractivity contribution >= 4 is 40.6 Å². The fraction of sp³-hybridized carbons (Fsp3) is 0.304. The van der Waals surface area contributed by atoms with Crippen LogP contribution < -0.4 is 14.5 Å². The van der Waals surface area contributed by atoms with Crippen LogP contribution >= 0.6 is 0 Å². The number of carbonyl (C=O) groups excluding carboxylic acids is 4. The zero-order valence-electron chi connectivity index (χ0n) is 47.5. The van der Waals surface area contributed by atoms with Crippen molar-refractivity contribution < 1.29 is 44.0 Å². The molecule has 0 radical (unpaired) electrons. The molecule has 1 saturated carbocycles. The highest BCUT2D eigenvalue weighted by atomic mass is 16.5. The minimum absolute atomic E-state index is 0.0111. The molecule has 0 spiro atoms. The lowest BCUT2D eigenvalue weighted by molar-refractivity contribution is 0.0116. The van der Waals surface area contributed by atoms with Gasteiger partial charge in [0.25, 0.3) is 0 Å². The third kappa shape index (κ3) is 18.3. The van der Waals surface area contributed by atoms with Crippen molar-refractivity contribution in [2.24, 2.45) is 0 Å². The van der Waals surface area contributed by atoms with E-state index in [0.717, 1.165) is 74.5 Å². The van der Waals surface area contributed by atoms with Gasteiger partial charge in [0.15, 0.2) is 23.1 Å². The normalized spacial score (nSPS) is 14.8. The molecule has 424 valence electrons. The van der Waals surface area contributed by atoms with E-state index < -0.39 is 17.2 Å². The molecule has 1 saturated heterocycles. The van der Waals surface area contributed by atoms with Crippen molar-refractivity contribution in [1.82, 2.24) is 4.90 Å². The molecule has 7 aromatic carbocycles. The van der Waals surface area contributed by atoms with Crippen LogP contribution in [0.3, 0.4) is 0 Å². The first kappa shape index (κ1) is 62.4. The Bertz CT molecular complexity index is 3010. The lowest BCUT2D eigenvalue weighted by Gasteiger charge is -2.38. The van der Waals surface area contributed by atoms with Gasteiger partial charge in [-0.25, -0.2) is 0 Å². The van der Waals surface area contributed by atoms with Crippen LogP contribution in [-0.4, -0.2) is 122 Å². The molecule has 9 rings (SSSR count). The van der Waals surface area contributed by atoms with Gasteiger partial charge >= 0.3 is 0 Å². The van der Waals surface area contributed by atoms with E-state index in [1.54, 1.807) is 72.8 Å². The topological polar surface area (TPSA) is 157 Å². The lowest BCUT2D eigenvalue weighted by Crippen LogP contribution is -2.52. The summed E-state index contributed by atoms with van der Waals surface area (Å²) in [7, 11) is 7.94. The molecule has 1 aliphatic heterocycles. The Kier molecular flexibility index (Phi) is 24.5. The van der Waals surface area contributed by atoms with Gasteiger partial charge in [0.05, 0.1) is 25.4 Å². The van der Waals surface area contributed by atoms with E-state index in [-0.39, 0.29) is 36.3 Å². The number of nitrogens with zero attached hydrogens (tertiary/aromatic N) is 3. The van der Waals surface area contributed by atoms with Gasteiger partial charge in [-0.1, -0.05) is 166 Å². The Balaban J connectivity index is 0.000000179. The molecule has 12 heteroatoms. The van der Waals surface area contributed by atoms with E-state index in [0.29, 0.717) is 47.3 Å². The van der Waals surface area contributed by atoms with Crippen molar-refractivity contribution in [3.63, 3.8) is 0 Å². The minimum Gasteiger partial charge on any atom is -0.491 e. The van der Waals surface area contributed by atoms with E-state index in [1.807, 2.05) is 142 Å². The number of benzene rings is 7. The van der Waals surface area contributed by atoms with Gasteiger partial charge in [-0.15, -0.1) is 0 Å². The van der Waals surface area contributed by atoms with Crippen LogP contribution in [0.5, 0.6) is 5.75 Å². The third-order valence-corrected chi connectivity index (χ3v) is 14.6. The average Bonchev–Trinajstić information content (AvgIpc) is 3.53. The number of aliphatic hydroxyl groups is 3. The molecule has 0 bridgehead atoms. The number of carbonyl (C=O) groups is 4. The molecule has 1 aliphatic carbocycles. The fourth-order valence-electron chi connectivity index (χ4n) is 9.69. The summed E-state index contributed by atoms with van der Waals surface area (Å²) in [5.74, 6) is 0.472. The van der Waals surface area contributed by atoms with Crippen LogP contribution in [-0.2, 0) is 11.2 Å². The van der Waals surface area contributed by atoms with Gasteiger partial charge in [-0.2, -0.15) is 0 Å². The summed E-state index contributed by atoms with van der Waals surface area (Å²) >= 11 is 0. The second-order valence-electron chi connectivity index (χ2n) is 20.5. The first-order chi connectivity index (χ1) is 39.2. The van der Waals surface area contributed by atoms with Crippen LogP contribution in [0, 0.1) is 0 Å². The Morgan fingerprint density at radius 1 is 0.654 bits per heavy atom. The number of Topliss-reactive ketones (excluding diaryl/α,β-unsaturated/α-hetero) is 3. The number of likely N-dealkylation sites (N-methyl/N-ethyl adjacent to an activating group) is 1. The number of hydrogen-bond donors (Lipinski definition) is 3. The molecule has 2 unspecified atom stereocenters. The Labute approximate surface area is 478 Å². The van der Waals surface area contributed by atoms with E-state index in [1.165, 1.54) is 5.56 Å². The molecule has 2 atom stereocenters. The van der Waals surface area contributed by atoms with E-state index in [2.05, 4.69) is 41.0 Å². The van der Waals surface area contributed by atoms with Crippen molar-refractivity contribution in [3.05, 3.63) is 239 Å². The predicted octanol–water partition coefficient (Wildman–Crippen LogP) is 11.8. The lowest BCUT2D eigenvalue weighted by atomic mass is 9.79. The molecule has 81 heavy (non-hydrogen) atoms. The summed E-state index contributed by atoms with van der Waals surface area (Å²) in [6.07, 6.45) is 7.99. The number of ether oxygens (including phenoxy) is 2. The van der Waals surface area contributed by atoms with Gasteiger partial charge in [0, 0.05) is 60.8 Å². The molecule has 0 amide bonds. The number of anilines is 2. The van der Waals surface area contributed by atoms with Crippen LogP contribution in [0.25, 0.3) is 6.08 Å². The van der Waals surface area contributed by atoms with Gasteiger partial charge in [0.2, 0.25) is 0 Å². The summed E-state index contributed by atoms with van der Waals surface area (Å²) in [6.45, 7) is 5.69.